The normalized spacial score (nSPS) is 12.8. The van der Waals surface area contributed by atoms with Crippen LogP contribution in [0.5, 0.6) is 0 Å². The first-order valence-corrected chi connectivity index (χ1v) is 5.87. The summed E-state index contributed by atoms with van der Waals surface area (Å²) in [5.41, 5.74) is 1.11. The van der Waals surface area contributed by atoms with E-state index in [0.29, 0.717) is 12.3 Å². The molecule has 13 heavy (non-hydrogen) atoms. The van der Waals surface area contributed by atoms with Crippen LogP contribution in [0.2, 0.25) is 0 Å². The summed E-state index contributed by atoms with van der Waals surface area (Å²) in [6.07, 6.45) is 1.70. The van der Waals surface area contributed by atoms with E-state index in [9.17, 15) is 4.21 Å². The average Bonchev–Trinajstić information content (AvgIpc) is 2.30. The monoisotopic (exact) mass is 201 g/mol. The number of aryl methyl sites for hydroxylation is 2. The lowest BCUT2D eigenvalue weighted by atomic mass is 10.4. The minimum Gasteiger partial charge on any atom is -0.368 e. The van der Waals surface area contributed by atoms with Crippen LogP contribution in [-0.4, -0.2) is 32.5 Å². The minimum absolute atomic E-state index is 0.662. The van der Waals surface area contributed by atoms with Crippen molar-refractivity contribution in [2.45, 2.75) is 6.92 Å². The van der Waals surface area contributed by atoms with Gasteiger partial charge in [0, 0.05) is 48.2 Å². The van der Waals surface area contributed by atoms with Crippen molar-refractivity contribution in [3.05, 3.63) is 11.8 Å². The maximum Gasteiger partial charge on any atom is 0.148 e. The standard InChI is InChI=1S/C8H15N3OS/c1-7-6-8(10-11(7)2)9-4-5-13(3)12/h6H,4-5H2,1-3H3,(H,9,10). The molecule has 0 aliphatic carbocycles. The predicted molar refractivity (Wildman–Crippen MR) is 55.4 cm³/mol. The number of nitrogens with zero attached hydrogens (tertiary/aromatic N) is 2. The fraction of sp³-hybridized carbons (Fsp3) is 0.625. The van der Waals surface area contributed by atoms with E-state index in [-0.39, 0.29) is 0 Å². The third-order valence-corrected chi connectivity index (χ3v) is 2.59. The van der Waals surface area contributed by atoms with Gasteiger partial charge in [-0.25, -0.2) is 0 Å². The van der Waals surface area contributed by atoms with Crippen LogP contribution in [0.15, 0.2) is 6.07 Å². The number of nitrogens with one attached hydrogen (secondary N) is 1. The highest BCUT2D eigenvalue weighted by atomic mass is 32.2. The van der Waals surface area contributed by atoms with E-state index in [0.717, 1.165) is 11.5 Å². The molecule has 1 N–H and O–H groups in total. The second-order valence-corrected chi connectivity index (χ2v) is 4.55. The fourth-order valence-corrected chi connectivity index (χ4v) is 1.36. The molecule has 5 heteroatoms. The molecule has 0 saturated heterocycles. The molecule has 0 aliphatic heterocycles. The summed E-state index contributed by atoms with van der Waals surface area (Å²) in [5.74, 6) is 1.51. The van der Waals surface area contributed by atoms with Crippen molar-refractivity contribution in [1.29, 1.82) is 0 Å². The van der Waals surface area contributed by atoms with Gasteiger partial charge < -0.3 is 5.32 Å². The molecule has 0 aromatic carbocycles. The third-order valence-electron chi connectivity index (χ3n) is 1.81. The molecule has 1 heterocycles. The molecule has 0 bridgehead atoms. The Kier molecular flexibility index (Phi) is 3.48. The highest BCUT2D eigenvalue weighted by molar-refractivity contribution is 7.84. The lowest BCUT2D eigenvalue weighted by molar-refractivity contribution is 0.686. The van der Waals surface area contributed by atoms with Gasteiger partial charge in [0.2, 0.25) is 0 Å². The number of hydrogen-bond acceptors (Lipinski definition) is 3. The van der Waals surface area contributed by atoms with Crippen LogP contribution in [0.4, 0.5) is 5.82 Å². The molecule has 4 nitrogen and oxygen atoms in total. The molecule has 1 rings (SSSR count). The summed E-state index contributed by atoms with van der Waals surface area (Å²) in [4.78, 5) is 0. The van der Waals surface area contributed by atoms with Gasteiger partial charge in [0.15, 0.2) is 0 Å². The van der Waals surface area contributed by atoms with E-state index in [1.807, 2.05) is 24.7 Å². The molecular weight excluding hydrogens is 186 g/mol. The molecule has 1 atom stereocenters. The molecule has 0 amide bonds. The van der Waals surface area contributed by atoms with Gasteiger partial charge in [-0.15, -0.1) is 0 Å². The first-order chi connectivity index (χ1) is 6.09. The summed E-state index contributed by atoms with van der Waals surface area (Å²) >= 11 is 0. The number of rotatable bonds is 4. The highest BCUT2D eigenvalue weighted by Crippen LogP contribution is 2.05. The van der Waals surface area contributed by atoms with E-state index in [1.54, 1.807) is 6.26 Å². The molecular formula is C8H15N3OS. The largest absolute Gasteiger partial charge is 0.368 e. The molecule has 0 radical (unpaired) electrons. The first-order valence-electron chi connectivity index (χ1n) is 4.14. The van der Waals surface area contributed by atoms with E-state index >= 15 is 0 Å². The Labute approximate surface area is 80.8 Å². The van der Waals surface area contributed by atoms with Crippen LogP contribution >= 0.6 is 0 Å². The first kappa shape index (κ1) is 10.2. The van der Waals surface area contributed by atoms with Crippen molar-refractivity contribution in [3.8, 4) is 0 Å². The topological polar surface area (TPSA) is 46.9 Å². The maximum atomic E-state index is 10.8. The van der Waals surface area contributed by atoms with Crippen LogP contribution in [0, 0.1) is 6.92 Å². The second-order valence-electron chi connectivity index (χ2n) is 3.00. The van der Waals surface area contributed by atoms with Gasteiger partial charge in [-0.2, -0.15) is 5.10 Å². The summed E-state index contributed by atoms with van der Waals surface area (Å²) in [5, 5.41) is 7.33. The average molecular weight is 201 g/mol. The summed E-state index contributed by atoms with van der Waals surface area (Å²) in [7, 11) is 1.17. The van der Waals surface area contributed by atoms with Crippen LogP contribution < -0.4 is 5.32 Å². The Morgan fingerprint density at radius 2 is 2.38 bits per heavy atom. The Morgan fingerprint density at radius 3 is 2.85 bits per heavy atom. The Bertz CT molecular complexity index is 289. The second kappa shape index (κ2) is 4.41. The van der Waals surface area contributed by atoms with Gasteiger partial charge >= 0.3 is 0 Å². The summed E-state index contributed by atoms with van der Waals surface area (Å²) in [6, 6.07) is 1.97. The number of hydrogen-bond donors (Lipinski definition) is 1. The molecule has 74 valence electrons. The van der Waals surface area contributed by atoms with Gasteiger partial charge in [-0.05, 0) is 6.92 Å². The van der Waals surface area contributed by atoms with Crippen LogP contribution in [0.1, 0.15) is 5.69 Å². The van der Waals surface area contributed by atoms with Crippen molar-refractivity contribution in [2.75, 3.05) is 23.9 Å². The highest BCUT2D eigenvalue weighted by Gasteiger charge is 1.99. The SMILES string of the molecule is Cc1cc(NCCS(C)=O)nn1C. The van der Waals surface area contributed by atoms with Crippen molar-refractivity contribution < 1.29 is 4.21 Å². The lowest BCUT2D eigenvalue weighted by Crippen LogP contribution is -2.10. The van der Waals surface area contributed by atoms with Crippen molar-refractivity contribution in [1.82, 2.24) is 9.78 Å². The Hall–Kier alpha value is -0.840. The van der Waals surface area contributed by atoms with Gasteiger partial charge in [0.1, 0.15) is 5.82 Å². The summed E-state index contributed by atoms with van der Waals surface area (Å²) < 4.78 is 12.6. The van der Waals surface area contributed by atoms with Gasteiger partial charge in [-0.1, -0.05) is 0 Å². The molecule has 0 saturated carbocycles. The van der Waals surface area contributed by atoms with Crippen LogP contribution in [-0.2, 0) is 17.8 Å². The smallest absolute Gasteiger partial charge is 0.148 e. The zero-order valence-electron chi connectivity index (χ0n) is 8.20. The fourth-order valence-electron chi connectivity index (χ4n) is 0.970. The van der Waals surface area contributed by atoms with Crippen LogP contribution in [0.3, 0.4) is 0 Å². The molecule has 0 aliphatic rings. The number of anilines is 1. The van der Waals surface area contributed by atoms with Crippen molar-refractivity contribution in [3.63, 3.8) is 0 Å². The lowest BCUT2D eigenvalue weighted by Gasteiger charge is -1.99. The molecule has 1 aromatic heterocycles. The van der Waals surface area contributed by atoms with Gasteiger partial charge in [0.05, 0.1) is 0 Å². The van der Waals surface area contributed by atoms with Crippen molar-refractivity contribution >= 4 is 16.6 Å². The minimum atomic E-state index is -0.735. The molecule has 0 spiro atoms. The van der Waals surface area contributed by atoms with Crippen LogP contribution in [0.25, 0.3) is 0 Å². The Balaban J connectivity index is 2.41. The third kappa shape index (κ3) is 3.18. The molecule has 0 fully saturated rings. The molecule has 1 aromatic rings. The molecule has 1 unspecified atom stereocenters. The van der Waals surface area contributed by atoms with Gasteiger partial charge in [-0.3, -0.25) is 8.89 Å². The predicted octanol–water partition coefficient (Wildman–Crippen LogP) is 0.519. The van der Waals surface area contributed by atoms with Gasteiger partial charge in [0.25, 0.3) is 0 Å². The quantitative estimate of drug-likeness (QED) is 0.772. The van der Waals surface area contributed by atoms with E-state index in [2.05, 4.69) is 10.4 Å². The van der Waals surface area contributed by atoms with E-state index in [4.69, 9.17) is 0 Å². The Morgan fingerprint density at radius 1 is 1.69 bits per heavy atom. The zero-order valence-corrected chi connectivity index (χ0v) is 9.02. The zero-order chi connectivity index (χ0) is 9.84. The summed E-state index contributed by atoms with van der Waals surface area (Å²) in [6.45, 7) is 2.70. The maximum absolute atomic E-state index is 10.8. The number of aromatic nitrogens is 2. The van der Waals surface area contributed by atoms with Crippen molar-refractivity contribution in [2.24, 2.45) is 7.05 Å². The van der Waals surface area contributed by atoms with E-state index in [1.165, 1.54) is 0 Å². The van der Waals surface area contributed by atoms with E-state index < -0.39 is 10.8 Å².